The van der Waals surface area contributed by atoms with Crippen LogP contribution in [0.1, 0.15) is 44.0 Å². The summed E-state index contributed by atoms with van der Waals surface area (Å²) in [6.45, 7) is 8.16. The van der Waals surface area contributed by atoms with Crippen molar-refractivity contribution in [2.75, 3.05) is 19.7 Å². The molecule has 21 heavy (non-hydrogen) atoms. The Hall–Kier alpha value is -1.55. The number of morpholine rings is 1. The van der Waals surface area contributed by atoms with Crippen LogP contribution < -0.4 is 4.74 Å². The summed E-state index contributed by atoms with van der Waals surface area (Å²) in [6.07, 6.45) is 2.34. The Kier molecular flexibility index (Phi) is 5.62. The van der Waals surface area contributed by atoms with Crippen molar-refractivity contribution < 1.29 is 14.3 Å². The maximum atomic E-state index is 12.5. The summed E-state index contributed by atoms with van der Waals surface area (Å²) in [6, 6.07) is 7.43. The van der Waals surface area contributed by atoms with Crippen molar-refractivity contribution in [3.05, 3.63) is 29.8 Å². The van der Waals surface area contributed by atoms with Gasteiger partial charge in [-0.15, -0.1) is 0 Å². The molecule has 0 aliphatic carbocycles. The number of benzene rings is 1. The molecule has 0 bridgehead atoms. The standard InChI is InChI=1S/C17H25NO3/c1-4-5-10-20-16-8-6-15(7-9-16)17(19)18-11-13(2)21-14(3)12-18/h6-9,13-14H,4-5,10-12H2,1-3H3/t13-,14-/m0/s1. The normalized spacial score (nSPS) is 22.1. The fraction of sp³-hybridized carbons (Fsp3) is 0.588. The minimum Gasteiger partial charge on any atom is -0.494 e. The number of amides is 1. The molecule has 0 N–H and O–H groups in total. The van der Waals surface area contributed by atoms with Crippen LogP contribution in [-0.4, -0.2) is 42.7 Å². The van der Waals surface area contributed by atoms with Crippen LogP contribution in [0.25, 0.3) is 0 Å². The Morgan fingerprint density at radius 1 is 1.24 bits per heavy atom. The number of hydrogen-bond acceptors (Lipinski definition) is 3. The highest BCUT2D eigenvalue weighted by Gasteiger charge is 2.26. The maximum Gasteiger partial charge on any atom is 0.254 e. The Bertz CT molecular complexity index is 448. The molecule has 0 radical (unpaired) electrons. The van der Waals surface area contributed by atoms with E-state index in [0.717, 1.165) is 25.2 Å². The van der Waals surface area contributed by atoms with Gasteiger partial charge in [-0.05, 0) is 44.5 Å². The van der Waals surface area contributed by atoms with E-state index in [2.05, 4.69) is 6.92 Å². The number of hydrogen-bond donors (Lipinski definition) is 0. The topological polar surface area (TPSA) is 38.8 Å². The zero-order valence-electron chi connectivity index (χ0n) is 13.2. The van der Waals surface area contributed by atoms with Crippen molar-refractivity contribution in [1.29, 1.82) is 0 Å². The molecule has 0 saturated carbocycles. The Morgan fingerprint density at radius 2 is 1.86 bits per heavy atom. The van der Waals surface area contributed by atoms with Gasteiger partial charge in [0.25, 0.3) is 5.91 Å². The van der Waals surface area contributed by atoms with Crippen molar-refractivity contribution in [2.24, 2.45) is 0 Å². The minimum atomic E-state index is 0.0668. The highest BCUT2D eigenvalue weighted by molar-refractivity contribution is 5.94. The van der Waals surface area contributed by atoms with Crippen LogP contribution in [0.2, 0.25) is 0 Å². The van der Waals surface area contributed by atoms with Gasteiger partial charge >= 0.3 is 0 Å². The summed E-state index contributed by atoms with van der Waals surface area (Å²) >= 11 is 0. The second-order valence-corrected chi connectivity index (χ2v) is 5.69. The molecule has 2 rings (SSSR count). The average Bonchev–Trinajstić information content (AvgIpc) is 2.46. The van der Waals surface area contributed by atoms with E-state index >= 15 is 0 Å². The van der Waals surface area contributed by atoms with Crippen molar-refractivity contribution in [3.63, 3.8) is 0 Å². The highest BCUT2D eigenvalue weighted by atomic mass is 16.5. The quantitative estimate of drug-likeness (QED) is 0.782. The molecule has 116 valence electrons. The molecule has 1 saturated heterocycles. The Morgan fingerprint density at radius 3 is 2.43 bits per heavy atom. The molecule has 1 fully saturated rings. The lowest BCUT2D eigenvalue weighted by Crippen LogP contribution is -2.48. The molecule has 0 unspecified atom stereocenters. The van der Waals surface area contributed by atoms with E-state index in [9.17, 15) is 4.79 Å². The third-order valence-corrected chi connectivity index (χ3v) is 3.57. The monoisotopic (exact) mass is 291 g/mol. The number of unbranched alkanes of at least 4 members (excludes halogenated alkanes) is 1. The first kappa shape index (κ1) is 15.8. The molecule has 2 atom stereocenters. The van der Waals surface area contributed by atoms with E-state index in [1.807, 2.05) is 43.0 Å². The zero-order chi connectivity index (χ0) is 15.2. The SMILES string of the molecule is CCCCOc1ccc(C(=O)N2C[C@H](C)O[C@@H](C)C2)cc1. The molecule has 1 aromatic carbocycles. The maximum absolute atomic E-state index is 12.5. The third-order valence-electron chi connectivity index (χ3n) is 3.57. The summed E-state index contributed by atoms with van der Waals surface area (Å²) in [5, 5.41) is 0. The number of carbonyl (C=O) groups is 1. The first-order chi connectivity index (χ1) is 10.1. The number of carbonyl (C=O) groups excluding carboxylic acids is 1. The van der Waals surface area contributed by atoms with Gasteiger partial charge in [0.1, 0.15) is 5.75 Å². The van der Waals surface area contributed by atoms with Crippen molar-refractivity contribution in [1.82, 2.24) is 4.90 Å². The first-order valence-corrected chi connectivity index (χ1v) is 7.77. The predicted molar refractivity (Wildman–Crippen MR) is 82.8 cm³/mol. The van der Waals surface area contributed by atoms with Gasteiger partial charge in [0.15, 0.2) is 0 Å². The highest BCUT2D eigenvalue weighted by Crippen LogP contribution is 2.17. The van der Waals surface area contributed by atoms with Crippen LogP contribution in [0, 0.1) is 0 Å². The van der Waals surface area contributed by atoms with Gasteiger partial charge in [-0.3, -0.25) is 4.79 Å². The lowest BCUT2D eigenvalue weighted by molar-refractivity contribution is -0.0586. The summed E-state index contributed by atoms with van der Waals surface area (Å²) < 4.78 is 11.3. The number of ether oxygens (including phenoxy) is 2. The smallest absolute Gasteiger partial charge is 0.254 e. The zero-order valence-corrected chi connectivity index (χ0v) is 13.2. The van der Waals surface area contributed by atoms with E-state index in [4.69, 9.17) is 9.47 Å². The van der Waals surface area contributed by atoms with Crippen molar-refractivity contribution in [2.45, 2.75) is 45.8 Å². The number of nitrogens with zero attached hydrogens (tertiary/aromatic N) is 1. The molecule has 1 amide bonds. The predicted octanol–water partition coefficient (Wildman–Crippen LogP) is 3.11. The van der Waals surface area contributed by atoms with Crippen LogP contribution in [0.3, 0.4) is 0 Å². The van der Waals surface area contributed by atoms with Crippen LogP contribution in [0.15, 0.2) is 24.3 Å². The summed E-state index contributed by atoms with van der Waals surface area (Å²) in [4.78, 5) is 14.4. The van der Waals surface area contributed by atoms with Gasteiger partial charge in [-0.25, -0.2) is 0 Å². The molecule has 4 nitrogen and oxygen atoms in total. The summed E-state index contributed by atoms with van der Waals surface area (Å²) in [5.74, 6) is 0.890. The van der Waals surface area contributed by atoms with Crippen LogP contribution in [-0.2, 0) is 4.74 Å². The summed E-state index contributed by atoms with van der Waals surface area (Å²) in [7, 11) is 0. The molecule has 0 aromatic heterocycles. The molecule has 1 aliphatic heterocycles. The molecular weight excluding hydrogens is 266 g/mol. The first-order valence-electron chi connectivity index (χ1n) is 7.77. The second kappa shape index (κ2) is 7.46. The molecule has 1 aliphatic rings. The summed E-state index contributed by atoms with van der Waals surface area (Å²) in [5.41, 5.74) is 0.708. The molecular formula is C17H25NO3. The minimum absolute atomic E-state index is 0.0668. The van der Waals surface area contributed by atoms with E-state index in [1.54, 1.807) is 0 Å². The van der Waals surface area contributed by atoms with Crippen LogP contribution in [0.4, 0.5) is 0 Å². The number of rotatable bonds is 5. The largest absolute Gasteiger partial charge is 0.494 e. The van der Waals surface area contributed by atoms with Gasteiger partial charge < -0.3 is 14.4 Å². The van der Waals surface area contributed by atoms with E-state index in [-0.39, 0.29) is 18.1 Å². The lowest BCUT2D eigenvalue weighted by atomic mass is 10.1. The van der Waals surface area contributed by atoms with E-state index < -0.39 is 0 Å². The Balaban J connectivity index is 1.96. The van der Waals surface area contributed by atoms with Gasteiger partial charge in [-0.2, -0.15) is 0 Å². The van der Waals surface area contributed by atoms with E-state index in [0.29, 0.717) is 18.7 Å². The molecule has 1 aromatic rings. The Labute approximate surface area is 127 Å². The third kappa shape index (κ3) is 4.46. The van der Waals surface area contributed by atoms with Crippen LogP contribution >= 0.6 is 0 Å². The van der Waals surface area contributed by atoms with Crippen molar-refractivity contribution in [3.8, 4) is 5.75 Å². The fourth-order valence-electron chi connectivity index (χ4n) is 2.55. The van der Waals surface area contributed by atoms with Gasteiger partial charge in [-0.1, -0.05) is 13.3 Å². The average molecular weight is 291 g/mol. The lowest BCUT2D eigenvalue weighted by Gasteiger charge is -2.35. The second-order valence-electron chi connectivity index (χ2n) is 5.69. The van der Waals surface area contributed by atoms with Crippen LogP contribution in [0.5, 0.6) is 5.75 Å². The van der Waals surface area contributed by atoms with Gasteiger partial charge in [0.2, 0.25) is 0 Å². The molecule has 0 spiro atoms. The van der Waals surface area contributed by atoms with Crippen molar-refractivity contribution >= 4 is 5.91 Å². The fourth-order valence-corrected chi connectivity index (χ4v) is 2.55. The van der Waals surface area contributed by atoms with E-state index in [1.165, 1.54) is 0 Å². The molecule has 4 heteroatoms. The van der Waals surface area contributed by atoms with Gasteiger partial charge in [0.05, 0.1) is 18.8 Å². The van der Waals surface area contributed by atoms with Gasteiger partial charge in [0, 0.05) is 18.7 Å². The molecule has 1 heterocycles.